The van der Waals surface area contributed by atoms with Gasteiger partial charge in [0.05, 0.1) is 25.4 Å². The molecule has 3 N–H and O–H groups in total. The molecule has 6 heteroatoms. The summed E-state index contributed by atoms with van der Waals surface area (Å²) in [7, 11) is 0. The zero-order valence-corrected chi connectivity index (χ0v) is 52.9. The summed E-state index contributed by atoms with van der Waals surface area (Å²) in [6.07, 6.45) is 85.2. The van der Waals surface area contributed by atoms with Gasteiger partial charge < -0.3 is 20.3 Å². The molecule has 0 aromatic rings. The van der Waals surface area contributed by atoms with E-state index in [-0.39, 0.29) is 18.5 Å². The number of nitrogens with one attached hydrogen (secondary N) is 1. The Hall–Kier alpha value is -1.66. The van der Waals surface area contributed by atoms with Crippen LogP contribution >= 0.6 is 0 Å². The van der Waals surface area contributed by atoms with Gasteiger partial charge >= 0.3 is 5.97 Å². The summed E-state index contributed by atoms with van der Waals surface area (Å²) < 4.78 is 5.48. The summed E-state index contributed by atoms with van der Waals surface area (Å²) in [6.45, 7) is 4.97. The summed E-state index contributed by atoms with van der Waals surface area (Å²) in [5.41, 5.74) is 0. The predicted octanol–water partition coefficient (Wildman–Crippen LogP) is 22.9. The van der Waals surface area contributed by atoms with Gasteiger partial charge in [-0.15, -0.1) is 0 Å². The molecule has 0 rings (SSSR count). The van der Waals surface area contributed by atoms with Crippen molar-refractivity contribution >= 4 is 11.9 Å². The van der Waals surface area contributed by atoms with Crippen molar-refractivity contribution in [3.05, 3.63) is 24.3 Å². The highest BCUT2D eigenvalue weighted by Gasteiger charge is 2.20. The number of amides is 1. The van der Waals surface area contributed by atoms with Crippen LogP contribution < -0.4 is 5.32 Å². The Morgan fingerprint density at radius 3 is 0.923 bits per heavy atom. The highest BCUT2D eigenvalue weighted by Crippen LogP contribution is 2.19. The summed E-state index contributed by atoms with van der Waals surface area (Å²) in [6, 6.07) is -0.538. The standard InChI is InChI=1S/C72H139NO5/c1-3-5-7-9-11-13-15-17-37-41-44-48-52-56-60-64-70(75)69(68-74)73-71(76)65-61-57-53-49-45-42-38-35-33-31-29-27-25-23-21-19-18-20-22-24-26-28-30-32-34-36-39-43-47-51-55-59-63-67-78-72(77)66-62-58-54-50-46-40-16-14-12-10-8-6-4-2/h14,16,22,24,69-70,74-75H,3-13,15,17-21,23,25-68H2,1-2H3,(H,73,76)/b16-14-,24-22-. The first-order valence-electron chi connectivity index (χ1n) is 35.6. The van der Waals surface area contributed by atoms with Crippen LogP contribution in [-0.4, -0.2) is 47.4 Å². The first-order chi connectivity index (χ1) is 38.5. The third kappa shape index (κ3) is 63.5. The number of carbonyl (C=O) groups is 2. The van der Waals surface area contributed by atoms with E-state index in [9.17, 15) is 19.8 Å². The second-order valence-corrected chi connectivity index (χ2v) is 24.6. The molecule has 2 atom stereocenters. The molecule has 0 aliphatic rings. The van der Waals surface area contributed by atoms with Crippen molar-refractivity contribution in [1.82, 2.24) is 5.32 Å². The number of aliphatic hydroxyl groups is 2. The van der Waals surface area contributed by atoms with Crippen LogP contribution in [0.15, 0.2) is 24.3 Å². The molecule has 6 nitrogen and oxygen atoms in total. The van der Waals surface area contributed by atoms with E-state index >= 15 is 0 Å². The second kappa shape index (κ2) is 67.8. The number of hydrogen-bond donors (Lipinski definition) is 3. The van der Waals surface area contributed by atoms with Crippen LogP contribution in [0.5, 0.6) is 0 Å². The zero-order chi connectivity index (χ0) is 56.4. The highest BCUT2D eigenvalue weighted by atomic mass is 16.5. The van der Waals surface area contributed by atoms with Crippen LogP contribution in [0.25, 0.3) is 0 Å². The van der Waals surface area contributed by atoms with Crippen molar-refractivity contribution < 1.29 is 24.5 Å². The van der Waals surface area contributed by atoms with Crippen molar-refractivity contribution in [2.24, 2.45) is 0 Å². The van der Waals surface area contributed by atoms with Crippen LogP contribution in [0.1, 0.15) is 399 Å². The van der Waals surface area contributed by atoms with Crippen LogP contribution in [0.2, 0.25) is 0 Å². The Kier molecular flexibility index (Phi) is 66.4. The molecule has 0 fully saturated rings. The number of ether oxygens (including phenoxy) is 1. The molecule has 0 heterocycles. The van der Waals surface area contributed by atoms with Gasteiger partial charge in [0.15, 0.2) is 0 Å². The normalized spacial score (nSPS) is 12.6. The monoisotopic (exact) mass is 1100 g/mol. The highest BCUT2D eigenvalue weighted by molar-refractivity contribution is 5.76. The number of unbranched alkanes of at least 4 members (excludes halogenated alkanes) is 52. The van der Waals surface area contributed by atoms with Crippen LogP contribution in [0.3, 0.4) is 0 Å². The van der Waals surface area contributed by atoms with Crippen molar-refractivity contribution in [2.45, 2.75) is 411 Å². The minimum Gasteiger partial charge on any atom is -0.466 e. The third-order valence-electron chi connectivity index (χ3n) is 16.7. The summed E-state index contributed by atoms with van der Waals surface area (Å²) in [4.78, 5) is 24.5. The van der Waals surface area contributed by atoms with Gasteiger partial charge in [0.2, 0.25) is 5.91 Å². The van der Waals surface area contributed by atoms with Gasteiger partial charge in [0, 0.05) is 12.8 Å². The molecule has 0 bridgehead atoms. The second-order valence-electron chi connectivity index (χ2n) is 24.6. The van der Waals surface area contributed by atoms with Crippen LogP contribution in [0.4, 0.5) is 0 Å². The zero-order valence-electron chi connectivity index (χ0n) is 52.9. The Labute approximate surface area is 488 Å². The molecule has 0 saturated heterocycles. The maximum absolute atomic E-state index is 12.5. The summed E-state index contributed by atoms with van der Waals surface area (Å²) >= 11 is 0. The SMILES string of the molecule is CCCCCC/C=C\CCCCCCCC(=O)OCCCCCCCCCCCCCC/C=C\CCCCCCCCCCCCCCCCCCCC(=O)NC(CO)C(O)CCCCCCCCCCCCCCCCC. The topological polar surface area (TPSA) is 95.9 Å². The average molecular weight is 1100 g/mol. The Balaban J connectivity index is 3.34. The largest absolute Gasteiger partial charge is 0.466 e. The van der Waals surface area contributed by atoms with Crippen molar-refractivity contribution in [2.75, 3.05) is 13.2 Å². The molecule has 462 valence electrons. The van der Waals surface area contributed by atoms with Gasteiger partial charge in [-0.05, 0) is 77.0 Å². The van der Waals surface area contributed by atoms with Gasteiger partial charge in [-0.25, -0.2) is 0 Å². The fourth-order valence-corrected chi connectivity index (χ4v) is 11.3. The minimum absolute atomic E-state index is 0.00993. The number of aliphatic hydroxyl groups excluding tert-OH is 2. The molecule has 0 aliphatic heterocycles. The van der Waals surface area contributed by atoms with Gasteiger partial charge in [-0.2, -0.15) is 0 Å². The first kappa shape index (κ1) is 76.3. The average Bonchev–Trinajstić information content (AvgIpc) is 3.44. The van der Waals surface area contributed by atoms with Crippen LogP contribution in [-0.2, 0) is 14.3 Å². The van der Waals surface area contributed by atoms with E-state index in [0.717, 1.165) is 44.9 Å². The van der Waals surface area contributed by atoms with E-state index in [1.54, 1.807) is 0 Å². The summed E-state index contributed by atoms with van der Waals surface area (Å²) in [5, 5.41) is 23.3. The fraction of sp³-hybridized carbons (Fsp3) is 0.917. The van der Waals surface area contributed by atoms with Gasteiger partial charge in [-0.3, -0.25) is 9.59 Å². The molecule has 2 unspecified atom stereocenters. The lowest BCUT2D eigenvalue weighted by Gasteiger charge is -2.22. The number of esters is 1. The Bertz CT molecular complexity index is 1220. The van der Waals surface area contributed by atoms with E-state index < -0.39 is 12.1 Å². The Morgan fingerprint density at radius 1 is 0.346 bits per heavy atom. The van der Waals surface area contributed by atoms with E-state index in [1.807, 2.05) is 0 Å². The first-order valence-corrected chi connectivity index (χ1v) is 35.6. The molecule has 78 heavy (non-hydrogen) atoms. The van der Waals surface area contributed by atoms with E-state index in [4.69, 9.17) is 4.74 Å². The lowest BCUT2D eigenvalue weighted by molar-refractivity contribution is -0.143. The predicted molar refractivity (Wildman–Crippen MR) is 343 cm³/mol. The molecule has 0 aromatic carbocycles. The number of allylic oxidation sites excluding steroid dienone is 4. The van der Waals surface area contributed by atoms with E-state index in [0.29, 0.717) is 25.9 Å². The lowest BCUT2D eigenvalue weighted by atomic mass is 10.0. The smallest absolute Gasteiger partial charge is 0.305 e. The molecular weight excluding hydrogens is 959 g/mol. The molecule has 0 saturated carbocycles. The van der Waals surface area contributed by atoms with Crippen molar-refractivity contribution in [3.63, 3.8) is 0 Å². The third-order valence-corrected chi connectivity index (χ3v) is 16.7. The molecular formula is C72H139NO5. The number of carbonyl (C=O) groups excluding carboxylic acids is 2. The minimum atomic E-state index is -0.661. The molecule has 0 aliphatic carbocycles. The number of rotatable bonds is 67. The molecule has 0 aromatic heterocycles. The molecule has 0 radical (unpaired) electrons. The van der Waals surface area contributed by atoms with Gasteiger partial charge in [0.25, 0.3) is 0 Å². The maximum Gasteiger partial charge on any atom is 0.305 e. The maximum atomic E-state index is 12.5. The van der Waals surface area contributed by atoms with Crippen molar-refractivity contribution in [3.8, 4) is 0 Å². The van der Waals surface area contributed by atoms with E-state index in [2.05, 4.69) is 43.5 Å². The van der Waals surface area contributed by atoms with Gasteiger partial charge in [0.1, 0.15) is 0 Å². The van der Waals surface area contributed by atoms with E-state index in [1.165, 1.54) is 321 Å². The Morgan fingerprint density at radius 2 is 0.603 bits per heavy atom. The molecule has 1 amide bonds. The van der Waals surface area contributed by atoms with Crippen molar-refractivity contribution in [1.29, 1.82) is 0 Å². The van der Waals surface area contributed by atoms with Gasteiger partial charge in [-0.1, -0.05) is 334 Å². The lowest BCUT2D eigenvalue weighted by Crippen LogP contribution is -2.45. The molecule has 0 spiro atoms. The quantitative estimate of drug-likeness (QED) is 0.0320. The summed E-state index contributed by atoms with van der Waals surface area (Å²) in [5.74, 6) is -0.0190. The fourth-order valence-electron chi connectivity index (χ4n) is 11.3. The van der Waals surface area contributed by atoms with Crippen LogP contribution in [0, 0.1) is 0 Å². The number of hydrogen-bond acceptors (Lipinski definition) is 5.